The van der Waals surface area contributed by atoms with E-state index in [1.54, 1.807) is 19.1 Å². The van der Waals surface area contributed by atoms with Crippen molar-refractivity contribution in [2.24, 2.45) is 0 Å². The zero-order chi connectivity index (χ0) is 14.0. The van der Waals surface area contributed by atoms with Crippen LogP contribution in [0.15, 0.2) is 34.7 Å². The van der Waals surface area contributed by atoms with Crippen molar-refractivity contribution >= 4 is 11.4 Å². The molecule has 1 heterocycles. The Hall–Kier alpha value is -2.11. The Labute approximate surface area is 108 Å². The van der Waals surface area contributed by atoms with Crippen molar-refractivity contribution in [3.63, 3.8) is 0 Å². The van der Waals surface area contributed by atoms with E-state index in [4.69, 9.17) is 10.2 Å². The van der Waals surface area contributed by atoms with Crippen molar-refractivity contribution in [2.75, 3.05) is 11.1 Å². The molecule has 2 rings (SSSR count). The van der Waals surface area contributed by atoms with Gasteiger partial charge in [0.25, 0.3) is 0 Å². The smallest absolute Gasteiger partial charge is 0.418 e. The minimum Gasteiger partial charge on any atom is -0.465 e. The molecule has 0 saturated carbocycles. The van der Waals surface area contributed by atoms with Gasteiger partial charge in [-0.3, -0.25) is 0 Å². The highest BCUT2D eigenvalue weighted by atomic mass is 19.4. The highest BCUT2D eigenvalue weighted by molar-refractivity contribution is 5.58. The summed E-state index contributed by atoms with van der Waals surface area (Å²) in [4.78, 5) is 0. The quantitative estimate of drug-likeness (QED) is 0.834. The number of alkyl halides is 3. The molecule has 0 saturated heterocycles. The second-order valence-corrected chi connectivity index (χ2v) is 4.17. The first-order valence-electron chi connectivity index (χ1n) is 5.62. The van der Waals surface area contributed by atoms with E-state index in [1.807, 2.05) is 0 Å². The molecule has 3 nitrogen and oxygen atoms in total. The molecular formula is C13H13F3N2O. The van der Waals surface area contributed by atoms with Gasteiger partial charge in [0, 0.05) is 11.4 Å². The molecule has 0 unspecified atom stereocenters. The van der Waals surface area contributed by atoms with Crippen molar-refractivity contribution in [3.05, 3.63) is 47.4 Å². The van der Waals surface area contributed by atoms with E-state index in [2.05, 4.69) is 5.32 Å². The zero-order valence-corrected chi connectivity index (χ0v) is 10.2. The van der Waals surface area contributed by atoms with Crippen LogP contribution in [0.2, 0.25) is 0 Å². The fourth-order valence-corrected chi connectivity index (χ4v) is 1.68. The van der Waals surface area contributed by atoms with Gasteiger partial charge in [0.15, 0.2) is 0 Å². The van der Waals surface area contributed by atoms with Crippen molar-refractivity contribution in [3.8, 4) is 0 Å². The first-order chi connectivity index (χ1) is 8.86. The summed E-state index contributed by atoms with van der Waals surface area (Å²) in [7, 11) is 0. The number of benzene rings is 1. The largest absolute Gasteiger partial charge is 0.465 e. The molecule has 0 fully saturated rings. The van der Waals surface area contributed by atoms with Crippen LogP contribution in [0.25, 0.3) is 0 Å². The molecule has 0 spiro atoms. The minimum absolute atomic E-state index is 0.285. The van der Waals surface area contributed by atoms with Crippen LogP contribution in [0, 0.1) is 6.92 Å². The van der Waals surface area contributed by atoms with Crippen LogP contribution in [0.1, 0.15) is 17.1 Å². The van der Waals surface area contributed by atoms with E-state index in [0.29, 0.717) is 18.0 Å². The van der Waals surface area contributed by atoms with Crippen molar-refractivity contribution in [1.82, 2.24) is 0 Å². The molecule has 0 aliphatic rings. The third kappa shape index (κ3) is 3.21. The molecule has 0 bridgehead atoms. The van der Waals surface area contributed by atoms with Crippen LogP contribution < -0.4 is 11.1 Å². The minimum atomic E-state index is -4.46. The number of rotatable bonds is 3. The lowest BCUT2D eigenvalue weighted by atomic mass is 10.1. The van der Waals surface area contributed by atoms with Gasteiger partial charge in [0.05, 0.1) is 12.1 Å². The second kappa shape index (κ2) is 4.87. The Kier molecular flexibility index (Phi) is 3.42. The molecule has 0 amide bonds. The van der Waals surface area contributed by atoms with Crippen LogP contribution in [0.4, 0.5) is 24.5 Å². The fraction of sp³-hybridized carbons (Fsp3) is 0.231. The average Bonchev–Trinajstić information content (AvgIpc) is 2.72. The van der Waals surface area contributed by atoms with E-state index in [-0.39, 0.29) is 5.69 Å². The number of hydrogen-bond acceptors (Lipinski definition) is 3. The molecule has 3 N–H and O–H groups in total. The van der Waals surface area contributed by atoms with E-state index < -0.39 is 11.7 Å². The normalized spacial score (nSPS) is 11.6. The lowest BCUT2D eigenvalue weighted by Crippen LogP contribution is -2.10. The van der Waals surface area contributed by atoms with Crippen LogP contribution in [0.5, 0.6) is 0 Å². The van der Waals surface area contributed by atoms with Gasteiger partial charge in [-0.25, -0.2) is 0 Å². The van der Waals surface area contributed by atoms with Gasteiger partial charge in [-0.2, -0.15) is 13.2 Å². The fourth-order valence-electron chi connectivity index (χ4n) is 1.68. The summed E-state index contributed by atoms with van der Waals surface area (Å²) >= 11 is 0. The molecule has 1 aromatic heterocycles. The zero-order valence-electron chi connectivity index (χ0n) is 10.2. The molecule has 0 atom stereocenters. The van der Waals surface area contributed by atoms with Crippen LogP contribution in [0.3, 0.4) is 0 Å². The van der Waals surface area contributed by atoms with E-state index in [1.165, 1.54) is 12.1 Å². The van der Waals surface area contributed by atoms with Crippen molar-refractivity contribution < 1.29 is 17.6 Å². The summed E-state index contributed by atoms with van der Waals surface area (Å²) in [5, 5.41) is 2.86. The maximum atomic E-state index is 12.7. The number of nitrogens with one attached hydrogen (secondary N) is 1. The predicted octanol–water partition coefficient (Wildman–Crippen LogP) is 3.80. The summed E-state index contributed by atoms with van der Waals surface area (Å²) in [6.45, 7) is 2.11. The summed E-state index contributed by atoms with van der Waals surface area (Å²) < 4.78 is 43.3. The van der Waals surface area contributed by atoms with Crippen LogP contribution in [-0.2, 0) is 12.7 Å². The Morgan fingerprint density at radius 1 is 1.21 bits per heavy atom. The molecule has 102 valence electrons. The number of furan rings is 1. The number of nitrogen functional groups attached to an aromatic ring is 1. The lowest BCUT2D eigenvalue weighted by Gasteiger charge is -2.12. The molecule has 0 radical (unpaired) electrons. The molecule has 2 aromatic rings. The molecule has 6 heteroatoms. The van der Waals surface area contributed by atoms with Gasteiger partial charge in [-0.15, -0.1) is 0 Å². The summed E-state index contributed by atoms with van der Waals surface area (Å²) in [6.07, 6.45) is -4.46. The maximum Gasteiger partial charge on any atom is 0.418 e. The third-order valence-electron chi connectivity index (χ3n) is 2.62. The Balaban J connectivity index is 2.13. The van der Waals surface area contributed by atoms with Gasteiger partial charge in [-0.05, 0) is 37.3 Å². The van der Waals surface area contributed by atoms with Crippen LogP contribution >= 0.6 is 0 Å². The number of halogens is 3. The molecule has 19 heavy (non-hydrogen) atoms. The monoisotopic (exact) mass is 270 g/mol. The first-order valence-corrected chi connectivity index (χ1v) is 5.62. The summed E-state index contributed by atoms with van der Waals surface area (Å²) in [5.41, 5.74) is 4.54. The Bertz CT molecular complexity index is 576. The van der Waals surface area contributed by atoms with Crippen molar-refractivity contribution in [2.45, 2.75) is 19.6 Å². The van der Waals surface area contributed by atoms with Gasteiger partial charge >= 0.3 is 6.18 Å². The number of anilines is 2. The third-order valence-corrected chi connectivity index (χ3v) is 2.62. The first kappa shape index (κ1) is 13.3. The summed E-state index contributed by atoms with van der Waals surface area (Å²) in [6, 6.07) is 7.29. The van der Waals surface area contributed by atoms with Crippen LogP contribution in [-0.4, -0.2) is 0 Å². The number of nitrogens with two attached hydrogens (primary N) is 1. The molecular weight excluding hydrogens is 257 g/mol. The topological polar surface area (TPSA) is 51.2 Å². The molecule has 1 aromatic carbocycles. The maximum absolute atomic E-state index is 12.7. The highest BCUT2D eigenvalue weighted by Crippen LogP contribution is 2.35. The molecule has 0 aliphatic carbocycles. The number of aryl methyl sites for hydroxylation is 1. The highest BCUT2D eigenvalue weighted by Gasteiger charge is 2.33. The van der Waals surface area contributed by atoms with Gasteiger partial charge < -0.3 is 15.5 Å². The number of hydrogen-bond donors (Lipinski definition) is 2. The SMILES string of the molecule is Cc1ccc(CNc2ccc(N)c(C(F)(F)F)c2)o1. The molecule has 0 aliphatic heterocycles. The Morgan fingerprint density at radius 3 is 2.53 bits per heavy atom. The predicted molar refractivity (Wildman–Crippen MR) is 66.6 cm³/mol. The average molecular weight is 270 g/mol. The summed E-state index contributed by atoms with van der Waals surface area (Å²) in [5.74, 6) is 1.41. The van der Waals surface area contributed by atoms with Crippen molar-refractivity contribution in [1.29, 1.82) is 0 Å². The Morgan fingerprint density at radius 2 is 1.95 bits per heavy atom. The van der Waals surface area contributed by atoms with Gasteiger partial charge in [-0.1, -0.05) is 0 Å². The van der Waals surface area contributed by atoms with E-state index >= 15 is 0 Å². The lowest BCUT2D eigenvalue weighted by molar-refractivity contribution is -0.136. The standard InChI is InChI=1S/C13H13F3N2O/c1-8-2-4-10(19-8)7-18-9-3-5-12(17)11(6-9)13(14,15)16/h2-6,18H,7,17H2,1H3. The van der Waals surface area contributed by atoms with E-state index in [0.717, 1.165) is 11.8 Å². The second-order valence-electron chi connectivity index (χ2n) is 4.17. The van der Waals surface area contributed by atoms with E-state index in [9.17, 15) is 13.2 Å². The van der Waals surface area contributed by atoms with Gasteiger partial charge in [0.1, 0.15) is 11.5 Å². The van der Waals surface area contributed by atoms with Gasteiger partial charge in [0.2, 0.25) is 0 Å².